The molecule has 0 amide bonds. The van der Waals surface area contributed by atoms with Crippen LogP contribution in [0, 0.1) is 0 Å². The molecule has 0 N–H and O–H groups in total. The lowest BCUT2D eigenvalue weighted by Gasteiger charge is -2.45. The summed E-state index contributed by atoms with van der Waals surface area (Å²) >= 11 is 0. The van der Waals surface area contributed by atoms with Crippen LogP contribution in [0.25, 0.3) is 0 Å². The quantitative estimate of drug-likeness (QED) is 0.341. The molecular formula is C16H42O6Si4. The molecule has 0 atom stereocenters. The van der Waals surface area contributed by atoms with Crippen molar-refractivity contribution in [1.82, 2.24) is 0 Å². The largest absolute Gasteiger partial charge is 0.392 e. The maximum absolute atomic E-state index is 6.41. The summed E-state index contributed by atoms with van der Waals surface area (Å²) in [5.74, 6) is 0. The van der Waals surface area contributed by atoms with Gasteiger partial charge in [0.1, 0.15) is 10.2 Å². The Kier molecular flexibility index (Phi) is 10.1. The summed E-state index contributed by atoms with van der Waals surface area (Å²) < 4.78 is 37.4. The molecule has 158 valence electrons. The van der Waals surface area contributed by atoms with Crippen LogP contribution in [0.2, 0.25) is 39.3 Å². The first kappa shape index (κ1) is 26.6. The smallest absolute Gasteiger partial charge is 0.335 e. The molecular weight excluding hydrogens is 401 g/mol. The van der Waals surface area contributed by atoms with E-state index in [0.29, 0.717) is 10.2 Å². The average molecular weight is 443 g/mol. The van der Waals surface area contributed by atoms with Gasteiger partial charge < -0.3 is 26.6 Å². The SMILES string of the molecule is CC(C)O[Si](C)(C)OC([SiH3])(O[Si](C)(C)OC(C)C)O[Si](C)(C)OC(C)C. The first-order chi connectivity index (χ1) is 11.4. The molecule has 0 aliphatic carbocycles. The van der Waals surface area contributed by atoms with Crippen LogP contribution < -0.4 is 0 Å². The van der Waals surface area contributed by atoms with Crippen LogP contribution >= 0.6 is 0 Å². The molecule has 0 saturated carbocycles. The molecule has 10 heteroatoms. The summed E-state index contributed by atoms with van der Waals surface area (Å²) in [5.41, 5.74) is -1.14. The molecule has 26 heavy (non-hydrogen) atoms. The van der Waals surface area contributed by atoms with Gasteiger partial charge in [-0.3, -0.25) is 0 Å². The van der Waals surface area contributed by atoms with Gasteiger partial charge in [0.15, 0.2) is 0 Å². The predicted molar refractivity (Wildman–Crippen MR) is 117 cm³/mol. The molecule has 0 aliphatic heterocycles. The van der Waals surface area contributed by atoms with Crippen LogP contribution in [-0.2, 0) is 26.6 Å². The molecule has 0 aliphatic rings. The summed E-state index contributed by atoms with van der Waals surface area (Å²) in [6, 6.07) is 0. The topological polar surface area (TPSA) is 55.4 Å². The van der Waals surface area contributed by atoms with E-state index in [2.05, 4.69) is 0 Å². The highest BCUT2D eigenvalue weighted by Gasteiger charge is 2.47. The first-order valence-corrected chi connectivity index (χ1v) is 19.0. The third-order valence-corrected chi connectivity index (χ3v) is 10.4. The molecule has 0 aromatic rings. The fraction of sp³-hybridized carbons (Fsp3) is 1.00. The Bertz CT molecular complexity index is 367. The minimum absolute atomic E-state index is 0.0805. The Hall–Kier alpha value is 0.628. The van der Waals surface area contributed by atoms with Gasteiger partial charge in [-0.15, -0.1) is 0 Å². The third-order valence-electron chi connectivity index (χ3n) is 2.85. The van der Waals surface area contributed by atoms with Crippen molar-refractivity contribution in [2.24, 2.45) is 0 Å². The van der Waals surface area contributed by atoms with Crippen LogP contribution in [0.3, 0.4) is 0 Å². The lowest BCUT2D eigenvalue weighted by atomic mass is 10.5. The molecule has 0 aromatic heterocycles. The van der Waals surface area contributed by atoms with Crippen LogP contribution in [-0.4, -0.2) is 59.8 Å². The Morgan fingerprint density at radius 3 is 0.885 bits per heavy atom. The summed E-state index contributed by atoms with van der Waals surface area (Å²) in [5, 5.41) is 0. The van der Waals surface area contributed by atoms with Crippen molar-refractivity contribution in [1.29, 1.82) is 0 Å². The Balaban J connectivity index is 5.56. The van der Waals surface area contributed by atoms with Gasteiger partial charge in [-0.2, -0.15) is 0 Å². The summed E-state index contributed by atoms with van der Waals surface area (Å²) in [6.45, 7) is 24.2. The maximum atomic E-state index is 6.41. The Labute approximate surface area is 167 Å². The third kappa shape index (κ3) is 12.2. The molecule has 0 spiro atoms. The summed E-state index contributed by atoms with van der Waals surface area (Å²) in [4.78, 5) is 0. The molecule has 0 fully saturated rings. The monoisotopic (exact) mass is 442 g/mol. The van der Waals surface area contributed by atoms with Gasteiger partial charge in [-0.05, 0) is 80.8 Å². The maximum Gasteiger partial charge on any atom is 0.335 e. The van der Waals surface area contributed by atoms with E-state index >= 15 is 0 Å². The predicted octanol–water partition coefficient (Wildman–Crippen LogP) is 3.39. The highest BCUT2D eigenvalue weighted by atomic mass is 28.4. The molecule has 0 aromatic carbocycles. The van der Waals surface area contributed by atoms with Crippen molar-refractivity contribution in [3.63, 3.8) is 0 Å². The van der Waals surface area contributed by atoms with Crippen molar-refractivity contribution in [3.05, 3.63) is 0 Å². The Morgan fingerprint density at radius 1 is 0.538 bits per heavy atom. The molecule has 0 rings (SSSR count). The highest BCUT2D eigenvalue weighted by Crippen LogP contribution is 2.29. The molecule has 0 unspecified atom stereocenters. The second kappa shape index (κ2) is 9.90. The zero-order valence-electron chi connectivity index (χ0n) is 19.2. The number of hydrogen-bond acceptors (Lipinski definition) is 6. The molecule has 0 heterocycles. The van der Waals surface area contributed by atoms with Crippen LogP contribution in [0.1, 0.15) is 41.5 Å². The van der Waals surface area contributed by atoms with Crippen LogP contribution in [0.4, 0.5) is 0 Å². The van der Waals surface area contributed by atoms with Crippen LogP contribution in [0.15, 0.2) is 0 Å². The van der Waals surface area contributed by atoms with Gasteiger partial charge in [-0.25, -0.2) is 0 Å². The van der Waals surface area contributed by atoms with E-state index in [4.69, 9.17) is 26.6 Å². The van der Waals surface area contributed by atoms with Gasteiger partial charge in [0.05, 0.1) is 0 Å². The van der Waals surface area contributed by atoms with Gasteiger partial charge in [-0.1, -0.05) is 0 Å². The van der Waals surface area contributed by atoms with E-state index in [0.717, 1.165) is 0 Å². The van der Waals surface area contributed by atoms with Crippen molar-refractivity contribution < 1.29 is 26.6 Å². The van der Waals surface area contributed by atoms with Crippen LogP contribution in [0.5, 0.6) is 0 Å². The zero-order valence-corrected chi connectivity index (χ0v) is 24.2. The lowest BCUT2D eigenvalue weighted by Crippen LogP contribution is -2.60. The highest BCUT2D eigenvalue weighted by molar-refractivity contribution is 6.68. The van der Waals surface area contributed by atoms with Crippen molar-refractivity contribution >= 4 is 35.9 Å². The first-order valence-electron chi connectivity index (χ1n) is 9.51. The van der Waals surface area contributed by atoms with Crippen molar-refractivity contribution in [3.8, 4) is 0 Å². The lowest BCUT2D eigenvalue weighted by molar-refractivity contribution is -0.228. The number of rotatable bonds is 12. The Morgan fingerprint density at radius 2 is 0.731 bits per heavy atom. The van der Waals surface area contributed by atoms with Gasteiger partial charge >= 0.3 is 25.7 Å². The molecule has 0 saturated heterocycles. The molecule has 6 nitrogen and oxygen atoms in total. The fourth-order valence-electron chi connectivity index (χ4n) is 3.18. The second-order valence-electron chi connectivity index (χ2n) is 8.87. The zero-order chi connectivity index (χ0) is 21.0. The summed E-state index contributed by atoms with van der Waals surface area (Å²) in [6.07, 6.45) is 0.241. The van der Waals surface area contributed by atoms with E-state index in [1.807, 2.05) is 80.8 Å². The van der Waals surface area contributed by atoms with E-state index in [9.17, 15) is 0 Å². The normalized spacial score (nSPS) is 14.9. The van der Waals surface area contributed by atoms with E-state index in [-0.39, 0.29) is 18.3 Å². The van der Waals surface area contributed by atoms with Gasteiger partial charge in [0, 0.05) is 18.3 Å². The second-order valence-corrected chi connectivity index (χ2v) is 19.8. The average Bonchev–Trinajstić information content (AvgIpc) is 2.16. The van der Waals surface area contributed by atoms with Crippen molar-refractivity contribution in [2.45, 2.75) is 105 Å². The van der Waals surface area contributed by atoms with Gasteiger partial charge in [0.2, 0.25) is 5.60 Å². The standard InChI is InChI=1S/C16H42O6Si4/c1-13(2)17-24(7,8)20-16(23,21-25(9,10)18-14(3)4)22-26(11,12)19-15(5)6/h13-15H,1-12,23H3. The molecule has 0 bridgehead atoms. The van der Waals surface area contributed by atoms with E-state index < -0.39 is 31.3 Å². The van der Waals surface area contributed by atoms with E-state index in [1.165, 1.54) is 0 Å². The van der Waals surface area contributed by atoms with E-state index in [1.54, 1.807) is 0 Å². The minimum Gasteiger partial charge on any atom is -0.392 e. The van der Waals surface area contributed by atoms with Crippen molar-refractivity contribution in [2.75, 3.05) is 0 Å². The summed E-state index contributed by atoms with van der Waals surface area (Å²) in [7, 11) is -6.88. The molecule has 0 radical (unpaired) electrons. The number of hydrogen-bond donors (Lipinski definition) is 0. The van der Waals surface area contributed by atoms with Gasteiger partial charge in [0.25, 0.3) is 0 Å². The minimum atomic E-state index is -2.46. The fourth-order valence-corrected chi connectivity index (χ4v) is 14.3.